The Kier molecular flexibility index (Phi) is 5.16. The molecule has 0 unspecified atom stereocenters. The van der Waals surface area contributed by atoms with Gasteiger partial charge in [0.05, 0.1) is 12.6 Å². The molecule has 2 aromatic rings. The van der Waals surface area contributed by atoms with E-state index in [-0.39, 0.29) is 12.5 Å². The molecule has 7 heteroatoms. The zero-order valence-electron chi connectivity index (χ0n) is 13.4. The Hall–Kier alpha value is -2.24. The maximum absolute atomic E-state index is 12.5. The van der Waals surface area contributed by atoms with Crippen molar-refractivity contribution in [3.63, 3.8) is 0 Å². The van der Waals surface area contributed by atoms with Gasteiger partial charge >= 0.3 is 6.09 Å². The molecule has 2 aromatic carbocycles. The lowest BCUT2D eigenvalue weighted by Gasteiger charge is -2.22. The summed E-state index contributed by atoms with van der Waals surface area (Å²) in [4.78, 5) is 23.6. The van der Waals surface area contributed by atoms with Gasteiger partial charge in [-0.2, -0.15) is 0 Å². The van der Waals surface area contributed by atoms with Crippen molar-refractivity contribution in [3.05, 3.63) is 69.2 Å². The first-order chi connectivity index (χ1) is 11.9. The van der Waals surface area contributed by atoms with Crippen LogP contribution in [0.4, 0.5) is 4.79 Å². The number of halogens is 2. The molecule has 0 aromatic heterocycles. The van der Waals surface area contributed by atoms with E-state index in [2.05, 4.69) is 10.6 Å². The lowest BCUT2D eigenvalue weighted by molar-refractivity contribution is -0.128. The first-order valence-electron chi connectivity index (χ1n) is 7.70. The number of cyclic esters (lactones) is 1. The summed E-state index contributed by atoms with van der Waals surface area (Å²) in [6.45, 7) is 2.05. The molecule has 130 valence electrons. The van der Waals surface area contributed by atoms with E-state index in [4.69, 9.17) is 27.9 Å². The van der Waals surface area contributed by atoms with Crippen LogP contribution in [0.1, 0.15) is 22.7 Å². The molecule has 1 aliphatic heterocycles. The second kappa shape index (κ2) is 7.33. The monoisotopic (exact) mass is 378 g/mol. The Morgan fingerprint density at radius 3 is 2.48 bits per heavy atom. The molecule has 5 nitrogen and oxygen atoms in total. The van der Waals surface area contributed by atoms with Gasteiger partial charge in [0.25, 0.3) is 5.91 Å². The molecule has 25 heavy (non-hydrogen) atoms. The normalized spacial score (nSPS) is 17.6. The van der Waals surface area contributed by atoms with Gasteiger partial charge in [-0.25, -0.2) is 4.79 Å². The van der Waals surface area contributed by atoms with Crippen molar-refractivity contribution < 1.29 is 14.3 Å². The summed E-state index contributed by atoms with van der Waals surface area (Å²) in [6.07, 6.45) is -1.44. The SMILES string of the molecule is Cc1cc([C@H](NC(=O)[C@@H]2CNC(=O)O2)c2ccc(Cl)cc2)ccc1Cl. The number of hydrogen-bond donors (Lipinski definition) is 2. The van der Waals surface area contributed by atoms with Crippen LogP contribution >= 0.6 is 23.2 Å². The second-order valence-electron chi connectivity index (χ2n) is 5.78. The number of hydrogen-bond acceptors (Lipinski definition) is 3. The average Bonchev–Trinajstić information content (AvgIpc) is 3.03. The molecule has 2 N–H and O–H groups in total. The van der Waals surface area contributed by atoms with Gasteiger partial charge in [0.2, 0.25) is 0 Å². The van der Waals surface area contributed by atoms with Crippen molar-refractivity contribution >= 4 is 35.2 Å². The van der Waals surface area contributed by atoms with Crippen LogP contribution in [0.15, 0.2) is 42.5 Å². The summed E-state index contributed by atoms with van der Waals surface area (Å²) in [7, 11) is 0. The third kappa shape index (κ3) is 4.06. The Morgan fingerprint density at radius 1 is 1.20 bits per heavy atom. The molecule has 0 bridgehead atoms. The first-order valence-corrected chi connectivity index (χ1v) is 8.46. The molecule has 1 fully saturated rings. The van der Waals surface area contributed by atoms with Gasteiger partial charge in [-0.1, -0.05) is 47.5 Å². The molecule has 0 saturated carbocycles. The number of carbonyl (C=O) groups excluding carboxylic acids is 2. The highest BCUT2D eigenvalue weighted by atomic mass is 35.5. The number of aryl methyl sites for hydroxylation is 1. The third-order valence-electron chi connectivity index (χ3n) is 3.98. The highest BCUT2D eigenvalue weighted by Gasteiger charge is 2.31. The van der Waals surface area contributed by atoms with Crippen LogP contribution < -0.4 is 10.6 Å². The molecule has 0 aliphatic carbocycles. The van der Waals surface area contributed by atoms with Crippen LogP contribution in [0.3, 0.4) is 0 Å². The fraction of sp³-hybridized carbons (Fsp3) is 0.222. The number of carbonyl (C=O) groups is 2. The van der Waals surface area contributed by atoms with Crippen LogP contribution in [-0.2, 0) is 9.53 Å². The Morgan fingerprint density at radius 2 is 1.88 bits per heavy atom. The predicted octanol–water partition coefficient (Wildman–Crippen LogP) is 3.62. The number of amides is 2. The number of rotatable bonds is 4. The van der Waals surface area contributed by atoms with E-state index in [0.717, 1.165) is 16.7 Å². The fourth-order valence-electron chi connectivity index (χ4n) is 2.63. The summed E-state index contributed by atoms with van der Waals surface area (Å²) in [5, 5.41) is 6.66. The van der Waals surface area contributed by atoms with Gasteiger partial charge in [0.15, 0.2) is 6.10 Å². The van der Waals surface area contributed by atoms with Crippen LogP contribution in [0.25, 0.3) is 0 Å². The minimum absolute atomic E-state index is 0.150. The molecule has 1 heterocycles. The molecular weight excluding hydrogens is 363 g/mol. The Balaban J connectivity index is 1.91. The summed E-state index contributed by atoms with van der Waals surface area (Å²) in [6, 6.07) is 12.4. The minimum atomic E-state index is -0.851. The zero-order chi connectivity index (χ0) is 18.0. The molecule has 0 radical (unpaired) electrons. The lowest BCUT2D eigenvalue weighted by atomic mass is 9.97. The maximum Gasteiger partial charge on any atom is 0.408 e. The Bertz CT molecular complexity index is 808. The topological polar surface area (TPSA) is 67.4 Å². The van der Waals surface area contributed by atoms with E-state index >= 15 is 0 Å². The molecule has 2 atom stereocenters. The zero-order valence-corrected chi connectivity index (χ0v) is 14.9. The van der Waals surface area contributed by atoms with Crippen molar-refractivity contribution in [2.45, 2.75) is 19.1 Å². The maximum atomic E-state index is 12.5. The van der Waals surface area contributed by atoms with Gasteiger partial charge in [-0.3, -0.25) is 4.79 Å². The molecule has 2 amide bonds. The summed E-state index contributed by atoms with van der Waals surface area (Å²) < 4.78 is 4.95. The third-order valence-corrected chi connectivity index (χ3v) is 4.65. The van der Waals surface area contributed by atoms with Crippen molar-refractivity contribution in [2.24, 2.45) is 0 Å². The van der Waals surface area contributed by atoms with Gasteiger partial charge in [-0.15, -0.1) is 0 Å². The van der Waals surface area contributed by atoms with Gasteiger partial charge in [0.1, 0.15) is 0 Å². The van der Waals surface area contributed by atoms with E-state index in [1.807, 2.05) is 31.2 Å². The van der Waals surface area contributed by atoms with Crippen LogP contribution in [0.2, 0.25) is 10.0 Å². The van der Waals surface area contributed by atoms with Crippen LogP contribution in [0, 0.1) is 6.92 Å². The van der Waals surface area contributed by atoms with Crippen LogP contribution in [-0.4, -0.2) is 24.6 Å². The number of nitrogens with one attached hydrogen (secondary N) is 2. The second-order valence-corrected chi connectivity index (χ2v) is 6.62. The highest BCUT2D eigenvalue weighted by Crippen LogP contribution is 2.27. The lowest BCUT2D eigenvalue weighted by Crippen LogP contribution is -2.39. The van der Waals surface area contributed by atoms with E-state index in [1.165, 1.54) is 0 Å². The average molecular weight is 379 g/mol. The fourth-order valence-corrected chi connectivity index (χ4v) is 2.88. The summed E-state index contributed by atoms with van der Waals surface area (Å²) in [5.74, 6) is -0.370. The van der Waals surface area contributed by atoms with Crippen molar-refractivity contribution in [3.8, 4) is 0 Å². The number of ether oxygens (including phenoxy) is 1. The van der Waals surface area contributed by atoms with E-state index in [0.29, 0.717) is 10.0 Å². The van der Waals surface area contributed by atoms with Gasteiger partial charge in [0, 0.05) is 10.0 Å². The highest BCUT2D eigenvalue weighted by molar-refractivity contribution is 6.31. The summed E-state index contributed by atoms with van der Waals surface area (Å²) in [5.41, 5.74) is 2.63. The van der Waals surface area contributed by atoms with Crippen LogP contribution in [0.5, 0.6) is 0 Å². The predicted molar refractivity (Wildman–Crippen MR) is 95.9 cm³/mol. The van der Waals surface area contributed by atoms with E-state index in [1.54, 1.807) is 18.2 Å². The van der Waals surface area contributed by atoms with E-state index in [9.17, 15) is 9.59 Å². The first kappa shape index (κ1) is 17.6. The molecular formula is C18H16Cl2N2O3. The quantitative estimate of drug-likeness (QED) is 0.853. The van der Waals surface area contributed by atoms with E-state index < -0.39 is 18.2 Å². The standard InChI is InChI=1S/C18H16Cl2N2O3/c1-10-8-12(4-7-14(10)20)16(11-2-5-13(19)6-3-11)22-17(23)15-9-21-18(24)25-15/h2-8,15-16H,9H2,1H3,(H,21,24)(H,22,23)/t15-,16+/m0/s1. The van der Waals surface area contributed by atoms with Gasteiger partial charge in [-0.05, 0) is 41.8 Å². The largest absolute Gasteiger partial charge is 0.434 e. The van der Waals surface area contributed by atoms with Gasteiger partial charge < -0.3 is 15.4 Å². The van der Waals surface area contributed by atoms with Crippen molar-refractivity contribution in [1.29, 1.82) is 0 Å². The van der Waals surface area contributed by atoms with Crippen molar-refractivity contribution in [2.75, 3.05) is 6.54 Å². The smallest absolute Gasteiger partial charge is 0.408 e. The molecule has 1 saturated heterocycles. The molecule has 3 rings (SSSR count). The number of alkyl carbamates (subject to hydrolysis) is 1. The number of benzene rings is 2. The molecule has 1 aliphatic rings. The summed E-state index contributed by atoms with van der Waals surface area (Å²) >= 11 is 12.1. The minimum Gasteiger partial charge on any atom is -0.434 e. The van der Waals surface area contributed by atoms with Crippen molar-refractivity contribution in [1.82, 2.24) is 10.6 Å². The Labute approximate surface area is 155 Å². The molecule has 0 spiro atoms.